The highest BCUT2D eigenvalue weighted by Crippen LogP contribution is 2.37. The van der Waals surface area contributed by atoms with Crippen molar-refractivity contribution < 1.29 is 30.8 Å². The monoisotopic (exact) mass is 950 g/mol. The second kappa shape index (κ2) is 23.6. The molecule has 0 saturated heterocycles. The van der Waals surface area contributed by atoms with Crippen LogP contribution in [0.25, 0.3) is 0 Å². The largest absolute Gasteiger partial charge is 0.387 e. The minimum absolute atomic E-state index is 0.0216. The molecular formula is C44H68ClFN10O6S2. The number of amides is 2. The van der Waals surface area contributed by atoms with Gasteiger partial charge >= 0.3 is 6.03 Å². The SMILES string of the molecule is CC(C)c1cc(Cl)cc(C(C)C)c1OC#N.CCC(c1cc(S(=O)(=O)NC(=O)Nc2c(C(C)C)cc(F)cc2C(C)C)nn1C)N(C)C.CCC(c1cc(S(N)(=O)=O)nn1C)N(C)C. The molecule has 0 aliphatic carbocycles. The molecule has 16 nitrogen and oxygen atoms in total. The topological polar surface area (TPSA) is 211 Å². The molecule has 356 valence electrons. The zero-order valence-corrected chi connectivity index (χ0v) is 42.5. The van der Waals surface area contributed by atoms with Crippen LogP contribution in [0.15, 0.2) is 46.5 Å². The normalized spacial score (nSPS) is 12.8. The molecular weight excluding hydrogens is 883 g/mol. The van der Waals surface area contributed by atoms with Crippen LogP contribution in [0.1, 0.15) is 151 Å². The smallest absolute Gasteiger partial charge is 0.333 e. The minimum atomic E-state index is -4.21. The molecule has 0 saturated carbocycles. The van der Waals surface area contributed by atoms with Gasteiger partial charge in [0.05, 0.1) is 23.5 Å². The standard InChI is InChI=1S/C22H34FN5O3S.C13H16ClNO.C9H18N4O2S/c1-9-18(27(6)7)19-12-20(25-28(19)8)32(30,31)26-22(29)24-21-16(13(2)3)10-15(23)11-17(21)14(4)5;1-8(2)11-5-10(14)6-12(9(3)4)13(11)16-7-15;1-5-7(12(2)3)8-6-9(11-13(8)4)16(10,14)15/h10-14,18H,9H2,1-8H3,(H2,24,26,29);5-6,8-9H,1-4H3;6-7H,5H2,1-4H3,(H2,10,14,15). The highest BCUT2D eigenvalue weighted by atomic mass is 35.5. The third-order valence-electron chi connectivity index (χ3n) is 10.4. The Morgan fingerprint density at radius 2 is 1.16 bits per heavy atom. The Bertz CT molecular complexity index is 2420. The average molecular weight is 952 g/mol. The lowest BCUT2D eigenvalue weighted by Gasteiger charge is -2.22. The molecule has 0 aliphatic heterocycles. The number of nitrogens with zero attached hydrogens (tertiary/aromatic N) is 7. The van der Waals surface area contributed by atoms with Crippen molar-refractivity contribution in [2.24, 2.45) is 19.2 Å². The van der Waals surface area contributed by atoms with E-state index in [1.807, 2.05) is 96.4 Å². The van der Waals surface area contributed by atoms with Gasteiger partial charge in [0, 0.05) is 48.1 Å². The quantitative estimate of drug-likeness (QED) is 0.0958. The van der Waals surface area contributed by atoms with Crippen molar-refractivity contribution in [3.05, 3.63) is 80.9 Å². The van der Waals surface area contributed by atoms with Gasteiger partial charge in [-0.1, -0.05) is 80.8 Å². The number of primary sulfonamides is 1. The Labute approximate surface area is 385 Å². The van der Waals surface area contributed by atoms with Crippen LogP contribution in [-0.4, -0.2) is 80.4 Å². The van der Waals surface area contributed by atoms with Crippen molar-refractivity contribution in [2.45, 2.75) is 128 Å². The molecule has 2 atom stereocenters. The molecule has 4 aromatic rings. The number of urea groups is 1. The van der Waals surface area contributed by atoms with E-state index in [2.05, 4.69) is 43.2 Å². The first-order valence-electron chi connectivity index (χ1n) is 21.0. The van der Waals surface area contributed by atoms with Gasteiger partial charge < -0.3 is 19.9 Å². The Morgan fingerprint density at radius 3 is 1.48 bits per heavy atom. The molecule has 2 heterocycles. The van der Waals surface area contributed by atoms with Gasteiger partial charge in [-0.25, -0.2) is 27.5 Å². The maximum atomic E-state index is 14.1. The van der Waals surface area contributed by atoms with Crippen molar-refractivity contribution in [3.8, 4) is 12.0 Å². The summed E-state index contributed by atoms with van der Waals surface area (Å²) in [5.74, 6) is 0.662. The number of benzene rings is 2. The summed E-state index contributed by atoms with van der Waals surface area (Å²) in [6.07, 6.45) is 3.39. The lowest BCUT2D eigenvalue weighted by atomic mass is 9.92. The summed E-state index contributed by atoms with van der Waals surface area (Å²) in [4.78, 5) is 16.7. The number of aromatic nitrogens is 4. The summed E-state index contributed by atoms with van der Waals surface area (Å²) in [5, 5.41) is 24.8. The van der Waals surface area contributed by atoms with Crippen LogP contribution in [-0.2, 0) is 34.1 Å². The molecule has 0 aliphatic rings. The molecule has 0 spiro atoms. The van der Waals surface area contributed by atoms with E-state index in [1.165, 1.54) is 28.9 Å². The molecule has 4 N–H and O–H groups in total. The zero-order valence-electron chi connectivity index (χ0n) is 40.1. The molecule has 2 unspecified atom stereocenters. The number of hydrogen-bond donors (Lipinski definition) is 3. The Morgan fingerprint density at radius 1 is 0.766 bits per heavy atom. The Hall–Kier alpha value is -4.58. The molecule has 0 fully saturated rings. The molecule has 2 aromatic carbocycles. The van der Waals surface area contributed by atoms with Crippen LogP contribution < -0.4 is 19.9 Å². The summed E-state index contributed by atoms with van der Waals surface area (Å²) in [5.41, 5.74) is 5.15. The first-order chi connectivity index (χ1) is 29.5. The lowest BCUT2D eigenvalue weighted by Crippen LogP contribution is -2.35. The third-order valence-corrected chi connectivity index (χ3v) is 12.6. The number of carbonyl (C=O) groups is 1. The number of rotatable bonds is 15. The Balaban J connectivity index is 0.000000368. The van der Waals surface area contributed by atoms with E-state index in [0.29, 0.717) is 27.6 Å². The fraction of sp³-hybridized carbons (Fsp3) is 0.545. The average Bonchev–Trinajstić information content (AvgIpc) is 3.76. The number of anilines is 1. The molecule has 2 amide bonds. The first-order valence-corrected chi connectivity index (χ1v) is 24.4. The maximum Gasteiger partial charge on any atom is 0.333 e. The van der Waals surface area contributed by atoms with Crippen LogP contribution in [0.2, 0.25) is 5.02 Å². The fourth-order valence-electron chi connectivity index (χ4n) is 7.16. The second-order valence-electron chi connectivity index (χ2n) is 17.1. The van der Waals surface area contributed by atoms with E-state index in [9.17, 15) is 26.0 Å². The van der Waals surface area contributed by atoms with E-state index in [1.54, 1.807) is 25.0 Å². The van der Waals surface area contributed by atoms with Crippen molar-refractivity contribution >= 4 is 43.4 Å². The van der Waals surface area contributed by atoms with Crippen LogP contribution >= 0.6 is 11.6 Å². The summed E-state index contributed by atoms with van der Waals surface area (Å²) in [7, 11) is 3.15. The maximum absolute atomic E-state index is 14.1. The predicted octanol–water partition coefficient (Wildman–Crippen LogP) is 8.86. The molecule has 4 rings (SSSR count). The molecule has 0 radical (unpaired) electrons. The molecule has 2 aromatic heterocycles. The number of hydrogen-bond acceptors (Lipinski definition) is 11. The number of ether oxygens (including phenoxy) is 1. The highest BCUT2D eigenvalue weighted by Gasteiger charge is 2.27. The van der Waals surface area contributed by atoms with Crippen molar-refractivity contribution in [1.29, 1.82) is 5.26 Å². The van der Waals surface area contributed by atoms with E-state index in [4.69, 9.17) is 26.7 Å². The van der Waals surface area contributed by atoms with Gasteiger partial charge in [0.15, 0.2) is 10.1 Å². The molecule has 64 heavy (non-hydrogen) atoms. The van der Waals surface area contributed by atoms with Gasteiger partial charge in [0.1, 0.15) is 11.6 Å². The molecule has 0 bridgehead atoms. The van der Waals surface area contributed by atoms with Crippen LogP contribution in [0, 0.1) is 17.3 Å². The number of nitriles is 1. The Kier molecular flexibility index (Phi) is 20.4. The van der Waals surface area contributed by atoms with Crippen molar-refractivity contribution in [3.63, 3.8) is 0 Å². The number of aryl methyl sites for hydroxylation is 2. The van der Waals surface area contributed by atoms with E-state index in [0.717, 1.165) is 35.4 Å². The number of sulfonamides is 2. The third kappa shape index (κ3) is 14.7. The summed E-state index contributed by atoms with van der Waals surface area (Å²) >= 11 is 6.07. The number of nitrogens with two attached hydrogens (primary N) is 1. The number of nitrogens with one attached hydrogen (secondary N) is 2. The zero-order chi connectivity index (χ0) is 49.2. The minimum Gasteiger partial charge on any atom is -0.387 e. The van der Waals surface area contributed by atoms with Gasteiger partial charge in [-0.2, -0.15) is 18.6 Å². The molecule has 20 heteroatoms. The van der Waals surface area contributed by atoms with Crippen LogP contribution in [0.3, 0.4) is 0 Å². The van der Waals surface area contributed by atoms with E-state index >= 15 is 0 Å². The highest BCUT2D eigenvalue weighted by molar-refractivity contribution is 7.90. The van der Waals surface area contributed by atoms with Crippen molar-refractivity contribution in [2.75, 3.05) is 33.5 Å². The van der Waals surface area contributed by atoms with Crippen LogP contribution in [0.5, 0.6) is 5.75 Å². The lowest BCUT2D eigenvalue weighted by molar-refractivity contribution is 0.256. The number of halogens is 2. The first kappa shape index (κ1) is 55.6. The number of carbonyl (C=O) groups excluding carboxylic acids is 1. The summed E-state index contributed by atoms with van der Waals surface area (Å²) < 4.78 is 72.3. The van der Waals surface area contributed by atoms with Gasteiger partial charge in [0.25, 0.3) is 26.3 Å². The van der Waals surface area contributed by atoms with Gasteiger partial charge in [-0.15, -0.1) is 5.26 Å². The summed E-state index contributed by atoms with van der Waals surface area (Å²) in [6.45, 7) is 19.8. The summed E-state index contributed by atoms with van der Waals surface area (Å²) in [6, 6.07) is 8.64. The van der Waals surface area contributed by atoms with Gasteiger partial charge in [0.2, 0.25) is 0 Å². The van der Waals surface area contributed by atoms with Gasteiger partial charge in [-0.05, 0) is 100 Å². The van der Waals surface area contributed by atoms with Gasteiger partial charge in [-0.3, -0.25) is 9.36 Å². The van der Waals surface area contributed by atoms with Crippen molar-refractivity contribution in [1.82, 2.24) is 34.1 Å². The fourth-order valence-corrected chi connectivity index (χ4v) is 8.82. The van der Waals surface area contributed by atoms with Crippen LogP contribution in [0.4, 0.5) is 14.9 Å². The van der Waals surface area contributed by atoms with E-state index in [-0.39, 0.29) is 45.8 Å². The van der Waals surface area contributed by atoms with E-state index < -0.39 is 31.9 Å². The predicted molar refractivity (Wildman–Crippen MR) is 251 cm³/mol. The second-order valence-corrected chi connectivity index (χ2v) is 20.7.